The lowest BCUT2D eigenvalue weighted by Gasteiger charge is -2.18. The van der Waals surface area contributed by atoms with Crippen molar-refractivity contribution in [3.05, 3.63) is 35.4 Å². The number of benzene rings is 2. The molecule has 0 unspecified atom stereocenters. The Balaban J connectivity index is 2.21. The molecule has 2 aromatic carbocycles. The number of halogens is 1. The SMILES string of the molecule is CCN1CN(CC)c2cc3cc(Cl)ccc3cc21. The molecule has 94 valence electrons. The van der Waals surface area contributed by atoms with Crippen LogP contribution in [0.5, 0.6) is 0 Å². The van der Waals surface area contributed by atoms with Crippen LogP contribution in [0.4, 0.5) is 11.4 Å². The summed E-state index contributed by atoms with van der Waals surface area (Å²) in [4.78, 5) is 4.81. The van der Waals surface area contributed by atoms with Crippen LogP contribution < -0.4 is 9.80 Å². The Hall–Kier alpha value is -1.41. The van der Waals surface area contributed by atoms with Crippen molar-refractivity contribution in [3.8, 4) is 0 Å². The predicted octanol–water partition coefficient (Wildman–Crippen LogP) is 4.12. The van der Waals surface area contributed by atoms with Crippen molar-refractivity contribution in [2.75, 3.05) is 29.6 Å². The molecule has 1 heterocycles. The van der Waals surface area contributed by atoms with E-state index in [-0.39, 0.29) is 0 Å². The van der Waals surface area contributed by atoms with Gasteiger partial charge in [-0.1, -0.05) is 17.7 Å². The van der Waals surface area contributed by atoms with Gasteiger partial charge in [0.15, 0.2) is 0 Å². The van der Waals surface area contributed by atoms with Gasteiger partial charge in [0, 0.05) is 18.1 Å². The zero-order valence-corrected chi connectivity index (χ0v) is 11.5. The molecule has 0 fully saturated rings. The third kappa shape index (κ3) is 1.72. The van der Waals surface area contributed by atoms with Gasteiger partial charge in [-0.25, -0.2) is 0 Å². The molecule has 1 aliphatic rings. The normalized spacial score (nSPS) is 14.4. The largest absolute Gasteiger partial charge is 0.352 e. The minimum atomic E-state index is 0.802. The molecule has 0 saturated heterocycles. The van der Waals surface area contributed by atoms with E-state index >= 15 is 0 Å². The van der Waals surface area contributed by atoms with Gasteiger partial charge in [0.1, 0.15) is 0 Å². The Morgan fingerprint density at radius 1 is 0.944 bits per heavy atom. The first-order chi connectivity index (χ1) is 8.72. The summed E-state index contributed by atoms with van der Waals surface area (Å²) in [6.07, 6.45) is 0. The van der Waals surface area contributed by atoms with E-state index in [4.69, 9.17) is 11.6 Å². The Bertz CT molecular complexity index is 594. The second-order valence-corrected chi connectivity index (χ2v) is 5.12. The number of anilines is 2. The molecule has 0 N–H and O–H groups in total. The highest BCUT2D eigenvalue weighted by molar-refractivity contribution is 6.31. The third-order valence-corrected chi connectivity index (χ3v) is 3.92. The number of hydrogen-bond donors (Lipinski definition) is 0. The standard InChI is InChI=1S/C15H17ClN2/c1-3-17-10-18(4-2)15-9-12-7-13(16)6-5-11(12)8-14(15)17/h5-9H,3-4,10H2,1-2H3. The summed E-state index contributed by atoms with van der Waals surface area (Å²) in [5.41, 5.74) is 2.67. The summed E-state index contributed by atoms with van der Waals surface area (Å²) in [5, 5.41) is 3.28. The molecular formula is C15H17ClN2. The van der Waals surface area contributed by atoms with Gasteiger partial charge in [-0.2, -0.15) is 0 Å². The van der Waals surface area contributed by atoms with E-state index in [0.717, 1.165) is 24.8 Å². The summed E-state index contributed by atoms with van der Waals surface area (Å²) in [7, 11) is 0. The Morgan fingerprint density at radius 3 is 2.17 bits per heavy atom. The van der Waals surface area contributed by atoms with Crippen molar-refractivity contribution in [2.45, 2.75) is 13.8 Å². The molecule has 0 amide bonds. The lowest BCUT2D eigenvalue weighted by atomic mass is 10.1. The van der Waals surface area contributed by atoms with Crippen LogP contribution in [0.3, 0.4) is 0 Å². The van der Waals surface area contributed by atoms with Crippen molar-refractivity contribution in [2.24, 2.45) is 0 Å². The minimum Gasteiger partial charge on any atom is -0.352 e. The maximum atomic E-state index is 6.07. The number of nitrogens with zero attached hydrogens (tertiary/aromatic N) is 2. The fraction of sp³-hybridized carbons (Fsp3) is 0.333. The van der Waals surface area contributed by atoms with Crippen molar-refractivity contribution in [3.63, 3.8) is 0 Å². The summed E-state index contributed by atoms with van der Waals surface area (Å²) in [6, 6.07) is 10.6. The molecule has 2 nitrogen and oxygen atoms in total. The topological polar surface area (TPSA) is 6.48 Å². The Labute approximate surface area is 113 Å². The smallest absolute Gasteiger partial charge is 0.0903 e. The first-order valence-corrected chi connectivity index (χ1v) is 6.84. The van der Waals surface area contributed by atoms with Gasteiger partial charge in [0.05, 0.1) is 18.0 Å². The number of hydrogen-bond acceptors (Lipinski definition) is 2. The molecule has 0 aromatic heterocycles. The lowest BCUT2D eigenvalue weighted by Crippen LogP contribution is -2.30. The fourth-order valence-electron chi connectivity index (χ4n) is 2.65. The van der Waals surface area contributed by atoms with E-state index in [1.54, 1.807) is 0 Å². The predicted molar refractivity (Wildman–Crippen MR) is 79.9 cm³/mol. The van der Waals surface area contributed by atoms with Gasteiger partial charge in [-0.15, -0.1) is 0 Å². The fourth-order valence-corrected chi connectivity index (χ4v) is 2.83. The molecule has 1 aliphatic heterocycles. The molecule has 0 atom stereocenters. The van der Waals surface area contributed by atoms with Crippen molar-refractivity contribution in [1.82, 2.24) is 0 Å². The van der Waals surface area contributed by atoms with E-state index in [1.165, 1.54) is 22.1 Å². The average Bonchev–Trinajstić information content (AvgIpc) is 2.73. The molecule has 0 radical (unpaired) electrons. The van der Waals surface area contributed by atoms with Crippen molar-refractivity contribution in [1.29, 1.82) is 0 Å². The van der Waals surface area contributed by atoms with Crippen molar-refractivity contribution >= 4 is 33.7 Å². The second kappa shape index (κ2) is 4.36. The molecule has 0 saturated carbocycles. The van der Waals surface area contributed by atoms with Gasteiger partial charge in [-0.05, 0) is 48.9 Å². The zero-order chi connectivity index (χ0) is 12.7. The average molecular weight is 261 g/mol. The molecule has 0 bridgehead atoms. The molecular weight excluding hydrogens is 244 g/mol. The van der Waals surface area contributed by atoms with E-state index in [0.29, 0.717) is 0 Å². The molecule has 18 heavy (non-hydrogen) atoms. The van der Waals surface area contributed by atoms with Crippen LogP contribution in [0.1, 0.15) is 13.8 Å². The quantitative estimate of drug-likeness (QED) is 0.802. The van der Waals surface area contributed by atoms with Gasteiger partial charge < -0.3 is 9.80 Å². The zero-order valence-electron chi connectivity index (χ0n) is 10.8. The number of fused-ring (bicyclic) bond motifs is 2. The molecule has 0 aliphatic carbocycles. The van der Waals surface area contributed by atoms with Gasteiger partial charge >= 0.3 is 0 Å². The van der Waals surface area contributed by atoms with Crippen LogP contribution in [-0.4, -0.2) is 19.8 Å². The van der Waals surface area contributed by atoms with E-state index in [1.807, 2.05) is 12.1 Å². The van der Waals surface area contributed by atoms with Crippen molar-refractivity contribution < 1.29 is 0 Å². The first kappa shape index (κ1) is 11.7. The van der Waals surface area contributed by atoms with E-state index in [9.17, 15) is 0 Å². The lowest BCUT2D eigenvalue weighted by molar-refractivity contribution is 0.801. The summed E-state index contributed by atoms with van der Waals surface area (Å²) < 4.78 is 0. The van der Waals surface area contributed by atoms with Crippen LogP contribution in [-0.2, 0) is 0 Å². The highest BCUT2D eigenvalue weighted by atomic mass is 35.5. The Kier molecular flexibility index (Phi) is 2.83. The summed E-state index contributed by atoms with van der Waals surface area (Å²) in [5.74, 6) is 0. The highest BCUT2D eigenvalue weighted by Gasteiger charge is 2.23. The monoisotopic (exact) mass is 260 g/mol. The minimum absolute atomic E-state index is 0.802. The molecule has 3 heteroatoms. The molecule has 0 spiro atoms. The van der Waals surface area contributed by atoms with E-state index in [2.05, 4.69) is 41.8 Å². The van der Waals surface area contributed by atoms with Gasteiger partial charge in [0.25, 0.3) is 0 Å². The summed E-state index contributed by atoms with van der Waals surface area (Å²) in [6.45, 7) is 7.48. The maximum Gasteiger partial charge on any atom is 0.0903 e. The van der Waals surface area contributed by atoms with Crippen LogP contribution in [0.25, 0.3) is 10.8 Å². The number of rotatable bonds is 2. The Morgan fingerprint density at radius 2 is 1.56 bits per heavy atom. The van der Waals surface area contributed by atoms with Crippen LogP contribution in [0, 0.1) is 0 Å². The summed E-state index contributed by atoms with van der Waals surface area (Å²) >= 11 is 6.07. The van der Waals surface area contributed by atoms with Gasteiger partial charge in [0.2, 0.25) is 0 Å². The van der Waals surface area contributed by atoms with Gasteiger partial charge in [-0.3, -0.25) is 0 Å². The first-order valence-electron chi connectivity index (χ1n) is 6.46. The van der Waals surface area contributed by atoms with Crippen LogP contribution in [0.2, 0.25) is 5.02 Å². The second-order valence-electron chi connectivity index (χ2n) is 4.69. The van der Waals surface area contributed by atoms with Crippen LogP contribution >= 0.6 is 11.6 Å². The van der Waals surface area contributed by atoms with E-state index < -0.39 is 0 Å². The van der Waals surface area contributed by atoms with Crippen LogP contribution in [0.15, 0.2) is 30.3 Å². The molecule has 3 rings (SSSR count). The molecule has 2 aromatic rings. The maximum absolute atomic E-state index is 6.07. The third-order valence-electron chi connectivity index (χ3n) is 3.68. The highest BCUT2D eigenvalue weighted by Crippen LogP contribution is 2.39.